The van der Waals surface area contributed by atoms with Gasteiger partial charge in [-0.05, 0) is 19.8 Å². The number of hydrogen-bond acceptors (Lipinski definition) is 8. The van der Waals surface area contributed by atoms with Crippen LogP contribution in [-0.4, -0.2) is 69.1 Å². The van der Waals surface area contributed by atoms with Crippen LogP contribution in [0, 0.1) is 0 Å². The van der Waals surface area contributed by atoms with Gasteiger partial charge in [0.1, 0.15) is 0 Å². The number of nitrogens with one attached hydrogen (secondary N) is 2. The van der Waals surface area contributed by atoms with Gasteiger partial charge in [-0.3, -0.25) is 0 Å². The summed E-state index contributed by atoms with van der Waals surface area (Å²) in [6, 6.07) is -0.279. The molecule has 3 rings (SSSR count). The number of aliphatic hydroxyl groups is 1. The highest BCUT2D eigenvalue weighted by Gasteiger charge is 2.30. The third kappa shape index (κ3) is 4.29. The Labute approximate surface area is 158 Å². The lowest BCUT2D eigenvalue weighted by Crippen LogP contribution is -2.36. The predicted molar refractivity (Wildman–Crippen MR) is 102 cm³/mol. The van der Waals surface area contributed by atoms with Crippen molar-refractivity contribution in [3.8, 4) is 0 Å². The number of anilines is 2. The van der Waals surface area contributed by atoms with Crippen LogP contribution < -0.4 is 15.8 Å². The van der Waals surface area contributed by atoms with Crippen molar-refractivity contribution in [1.82, 2.24) is 23.8 Å². The molecule has 12 heteroatoms. The fourth-order valence-electron chi connectivity index (χ4n) is 3.07. The van der Waals surface area contributed by atoms with E-state index in [-0.39, 0.29) is 25.2 Å². The number of fused-ring (bicyclic) bond motifs is 1. The molecule has 1 saturated heterocycles. The summed E-state index contributed by atoms with van der Waals surface area (Å²) >= 11 is 0. The molecular formula is C15H26N8O3S. The maximum absolute atomic E-state index is 11.5. The third-order valence-corrected chi connectivity index (χ3v) is 5.75. The SMILES string of the molecule is CCC(CO)Nc1nc(NC2CCN(S(N)(=O)=O)C2)c2ncn(CC)c2n1. The number of aliphatic hydroxyl groups excluding tert-OH is 1. The van der Waals surface area contributed by atoms with Crippen LogP contribution in [-0.2, 0) is 16.8 Å². The molecule has 1 fully saturated rings. The van der Waals surface area contributed by atoms with E-state index in [4.69, 9.17) is 5.14 Å². The minimum absolute atomic E-state index is 0.0281. The van der Waals surface area contributed by atoms with Gasteiger partial charge in [-0.15, -0.1) is 0 Å². The fourth-order valence-corrected chi connectivity index (χ4v) is 3.82. The molecule has 0 amide bonds. The average molecular weight is 398 g/mol. The Hall–Kier alpha value is -2.02. The van der Waals surface area contributed by atoms with Crippen molar-refractivity contribution in [2.75, 3.05) is 30.3 Å². The minimum Gasteiger partial charge on any atom is -0.394 e. The summed E-state index contributed by atoms with van der Waals surface area (Å²) in [6.45, 7) is 5.26. The summed E-state index contributed by atoms with van der Waals surface area (Å²) in [7, 11) is -3.70. The number of imidazole rings is 1. The molecule has 11 nitrogen and oxygen atoms in total. The van der Waals surface area contributed by atoms with Crippen molar-refractivity contribution in [1.29, 1.82) is 0 Å². The summed E-state index contributed by atoms with van der Waals surface area (Å²) in [6.07, 6.45) is 3.04. The van der Waals surface area contributed by atoms with E-state index in [1.165, 1.54) is 4.31 Å². The number of nitrogens with two attached hydrogens (primary N) is 1. The van der Waals surface area contributed by atoms with Gasteiger partial charge in [0, 0.05) is 25.7 Å². The van der Waals surface area contributed by atoms with E-state index in [9.17, 15) is 13.5 Å². The smallest absolute Gasteiger partial charge is 0.276 e. The molecule has 5 N–H and O–H groups in total. The summed E-state index contributed by atoms with van der Waals surface area (Å²) < 4.78 is 26.2. The molecule has 0 aliphatic carbocycles. The molecule has 1 aliphatic heterocycles. The number of aromatic nitrogens is 4. The highest BCUT2D eigenvalue weighted by atomic mass is 32.2. The molecule has 2 atom stereocenters. The third-order valence-electron chi connectivity index (χ3n) is 4.70. The van der Waals surface area contributed by atoms with Crippen molar-refractivity contribution >= 4 is 33.1 Å². The van der Waals surface area contributed by atoms with Crippen molar-refractivity contribution < 1.29 is 13.5 Å². The number of hydrogen-bond donors (Lipinski definition) is 4. The van der Waals surface area contributed by atoms with Crippen LogP contribution in [0.2, 0.25) is 0 Å². The van der Waals surface area contributed by atoms with Gasteiger partial charge in [-0.2, -0.15) is 22.7 Å². The molecule has 150 valence electrons. The maximum Gasteiger partial charge on any atom is 0.276 e. The number of aryl methyl sites for hydroxylation is 1. The van der Waals surface area contributed by atoms with Gasteiger partial charge in [-0.1, -0.05) is 6.92 Å². The quantitative estimate of drug-likeness (QED) is 0.474. The molecule has 0 aromatic carbocycles. The van der Waals surface area contributed by atoms with Crippen LogP contribution in [0.5, 0.6) is 0 Å². The van der Waals surface area contributed by atoms with E-state index in [0.717, 1.165) is 6.42 Å². The van der Waals surface area contributed by atoms with Crippen LogP contribution in [0.25, 0.3) is 11.2 Å². The first-order chi connectivity index (χ1) is 12.9. The van der Waals surface area contributed by atoms with E-state index < -0.39 is 10.2 Å². The first-order valence-electron chi connectivity index (χ1n) is 9.00. The highest BCUT2D eigenvalue weighted by molar-refractivity contribution is 7.86. The zero-order chi connectivity index (χ0) is 19.6. The van der Waals surface area contributed by atoms with Crippen LogP contribution in [0.3, 0.4) is 0 Å². The van der Waals surface area contributed by atoms with Gasteiger partial charge < -0.3 is 20.3 Å². The van der Waals surface area contributed by atoms with Crippen molar-refractivity contribution in [2.24, 2.45) is 5.14 Å². The zero-order valence-electron chi connectivity index (χ0n) is 15.5. The zero-order valence-corrected chi connectivity index (χ0v) is 16.3. The van der Waals surface area contributed by atoms with E-state index in [1.807, 2.05) is 18.4 Å². The van der Waals surface area contributed by atoms with E-state index in [2.05, 4.69) is 25.6 Å². The van der Waals surface area contributed by atoms with E-state index >= 15 is 0 Å². The van der Waals surface area contributed by atoms with E-state index in [1.54, 1.807) is 6.33 Å². The molecule has 2 aromatic rings. The Kier molecular flexibility index (Phi) is 5.79. The van der Waals surface area contributed by atoms with Crippen LogP contribution in [0.15, 0.2) is 6.33 Å². The molecule has 0 radical (unpaired) electrons. The van der Waals surface area contributed by atoms with Crippen molar-refractivity contribution in [2.45, 2.75) is 45.3 Å². The maximum atomic E-state index is 11.5. The molecule has 1 aliphatic rings. The normalized spacial score (nSPS) is 19.5. The van der Waals surface area contributed by atoms with Gasteiger partial charge in [0.25, 0.3) is 10.2 Å². The van der Waals surface area contributed by atoms with Gasteiger partial charge in [-0.25, -0.2) is 10.1 Å². The van der Waals surface area contributed by atoms with Crippen molar-refractivity contribution in [3.63, 3.8) is 0 Å². The van der Waals surface area contributed by atoms with Gasteiger partial charge >= 0.3 is 0 Å². The summed E-state index contributed by atoms with van der Waals surface area (Å²) in [5, 5.41) is 21.1. The first kappa shape index (κ1) is 19.7. The molecule has 0 saturated carbocycles. The molecule has 2 unspecified atom stereocenters. The standard InChI is InChI=1S/C15H26N8O3S/c1-3-10(8-24)19-15-20-13(12-14(21-15)22(4-2)9-17-12)18-11-5-6-23(7-11)27(16,25)26/h9-11,24H,3-8H2,1-2H3,(H2,16,25,26)(H2,18,19,20,21). The second kappa shape index (κ2) is 7.92. The molecule has 0 spiro atoms. The second-order valence-corrected chi connectivity index (χ2v) is 8.11. The Bertz CT molecular complexity index is 896. The molecule has 2 aromatic heterocycles. The fraction of sp³-hybridized carbons (Fsp3) is 0.667. The number of rotatable bonds is 8. The summed E-state index contributed by atoms with van der Waals surface area (Å²) in [4.78, 5) is 13.4. The average Bonchev–Trinajstić information content (AvgIpc) is 3.26. The topological polar surface area (TPSA) is 151 Å². The monoisotopic (exact) mass is 398 g/mol. The highest BCUT2D eigenvalue weighted by Crippen LogP contribution is 2.24. The lowest BCUT2D eigenvalue weighted by Gasteiger charge is -2.18. The van der Waals surface area contributed by atoms with Crippen LogP contribution in [0.4, 0.5) is 11.8 Å². The first-order valence-corrected chi connectivity index (χ1v) is 10.5. The van der Waals surface area contributed by atoms with Crippen LogP contribution >= 0.6 is 0 Å². The lowest BCUT2D eigenvalue weighted by molar-refractivity contribution is 0.271. The Morgan fingerprint density at radius 1 is 1.41 bits per heavy atom. The van der Waals surface area contributed by atoms with Gasteiger partial charge in [0.05, 0.1) is 19.0 Å². The Morgan fingerprint density at radius 3 is 2.78 bits per heavy atom. The molecular weight excluding hydrogens is 372 g/mol. The summed E-state index contributed by atoms with van der Waals surface area (Å²) in [5.41, 5.74) is 1.29. The Morgan fingerprint density at radius 2 is 2.19 bits per heavy atom. The van der Waals surface area contributed by atoms with Crippen LogP contribution in [0.1, 0.15) is 26.7 Å². The Balaban J connectivity index is 1.90. The summed E-state index contributed by atoms with van der Waals surface area (Å²) in [5.74, 6) is 0.922. The largest absolute Gasteiger partial charge is 0.394 e. The minimum atomic E-state index is -3.70. The van der Waals surface area contributed by atoms with Gasteiger partial charge in [0.2, 0.25) is 5.95 Å². The molecule has 27 heavy (non-hydrogen) atoms. The molecule has 3 heterocycles. The van der Waals surface area contributed by atoms with Crippen molar-refractivity contribution in [3.05, 3.63) is 6.33 Å². The number of nitrogens with zero attached hydrogens (tertiary/aromatic N) is 5. The van der Waals surface area contributed by atoms with E-state index in [0.29, 0.717) is 42.4 Å². The lowest BCUT2D eigenvalue weighted by atomic mass is 10.2. The second-order valence-electron chi connectivity index (χ2n) is 6.56. The molecule has 0 bridgehead atoms. The predicted octanol–water partition coefficient (Wildman–Crippen LogP) is -0.281. The van der Waals surface area contributed by atoms with Gasteiger partial charge in [0.15, 0.2) is 17.0 Å².